The smallest absolute Gasteiger partial charge is 0.255 e. The molecule has 0 unspecified atom stereocenters. The molecule has 26 heavy (non-hydrogen) atoms. The second kappa shape index (κ2) is 7.55. The fourth-order valence-electron chi connectivity index (χ4n) is 3.07. The topological polar surface area (TPSA) is 60.0 Å². The Morgan fingerprint density at radius 2 is 1.73 bits per heavy atom. The molecule has 2 heterocycles. The van der Waals surface area contributed by atoms with Crippen LogP contribution < -0.4 is 19.7 Å². The van der Waals surface area contributed by atoms with Gasteiger partial charge in [0.25, 0.3) is 5.91 Å². The summed E-state index contributed by atoms with van der Waals surface area (Å²) in [6.45, 7) is 3.99. The summed E-state index contributed by atoms with van der Waals surface area (Å²) in [4.78, 5) is 15.0. The molecule has 1 amide bonds. The van der Waals surface area contributed by atoms with Gasteiger partial charge in [-0.3, -0.25) is 4.79 Å². The number of ether oxygens (including phenoxy) is 3. The first-order valence-corrected chi connectivity index (χ1v) is 9.33. The number of amides is 1. The molecule has 0 radical (unpaired) electrons. The van der Waals surface area contributed by atoms with Crippen molar-refractivity contribution in [2.45, 2.75) is 0 Å². The lowest BCUT2D eigenvalue weighted by Gasteiger charge is -2.30. The Kier molecular flexibility index (Phi) is 4.99. The molecule has 7 heteroatoms. The Labute approximate surface area is 160 Å². The molecule has 2 aliphatic rings. The van der Waals surface area contributed by atoms with Gasteiger partial charge in [0.15, 0.2) is 11.5 Å². The molecule has 0 saturated carbocycles. The molecule has 1 saturated heterocycles. The number of anilines is 2. The summed E-state index contributed by atoms with van der Waals surface area (Å²) in [6, 6.07) is 11.1. The van der Waals surface area contributed by atoms with Crippen molar-refractivity contribution in [1.82, 2.24) is 0 Å². The van der Waals surface area contributed by atoms with Crippen LogP contribution in [0, 0.1) is 0 Å². The second-order valence-corrected chi connectivity index (χ2v) is 6.99. The zero-order valence-electron chi connectivity index (χ0n) is 14.2. The van der Waals surface area contributed by atoms with Crippen molar-refractivity contribution in [3.8, 4) is 11.5 Å². The van der Waals surface area contributed by atoms with Gasteiger partial charge in [0.05, 0.1) is 24.6 Å². The van der Waals surface area contributed by atoms with E-state index in [-0.39, 0.29) is 5.91 Å². The SMILES string of the molecule is O=C(Nc1cc(Br)ccc1N1CCOCC1)c1ccc2c(c1)OCCO2. The standard InChI is InChI=1S/C19H19BrN2O4/c20-14-2-3-16(22-5-7-24-8-6-22)15(12-14)21-19(23)13-1-4-17-18(11-13)26-10-9-25-17/h1-4,11-12H,5-10H2,(H,21,23). The zero-order chi connectivity index (χ0) is 17.9. The van der Waals surface area contributed by atoms with Crippen molar-refractivity contribution in [3.63, 3.8) is 0 Å². The number of nitrogens with one attached hydrogen (secondary N) is 1. The Morgan fingerprint density at radius 3 is 2.54 bits per heavy atom. The molecular weight excluding hydrogens is 400 g/mol. The Hall–Kier alpha value is -2.25. The minimum atomic E-state index is -0.186. The summed E-state index contributed by atoms with van der Waals surface area (Å²) in [5.41, 5.74) is 2.28. The van der Waals surface area contributed by atoms with Gasteiger partial charge in [-0.2, -0.15) is 0 Å². The van der Waals surface area contributed by atoms with Crippen LogP contribution in [0.2, 0.25) is 0 Å². The van der Waals surface area contributed by atoms with Gasteiger partial charge >= 0.3 is 0 Å². The third-order valence-corrected chi connectivity index (χ3v) is 4.86. The minimum Gasteiger partial charge on any atom is -0.486 e. The second-order valence-electron chi connectivity index (χ2n) is 6.07. The van der Waals surface area contributed by atoms with Gasteiger partial charge in [-0.1, -0.05) is 15.9 Å². The van der Waals surface area contributed by atoms with Crippen molar-refractivity contribution in [3.05, 3.63) is 46.4 Å². The molecular formula is C19H19BrN2O4. The zero-order valence-corrected chi connectivity index (χ0v) is 15.8. The van der Waals surface area contributed by atoms with Gasteiger partial charge < -0.3 is 24.4 Å². The Morgan fingerprint density at radius 1 is 0.962 bits per heavy atom. The molecule has 136 valence electrons. The monoisotopic (exact) mass is 418 g/mol. The maximum absolute atomic E-state index is 12.8. The Balaban J connectivity index is 1.58. The van der Waals surface area contributed by atoms with E-state index >= 15 is 0 Å². The first-order valence-electron chi connectivity index (χ1n) is 8.54. The highest BCUT2D eigenvalue weighted by atomic mass is 79.9. The van der Waals surface area contributed by atoms with E-state index < -0.39 is 0 Å². The highest BCUT2D eigenvalue weighted by Crippen LogP contribution is 2.33. The fourth-order valence-corrected chi connectivity index (χ4v) is 3.43. The molecule has 2 aliphatic heterocycles. The quantitative estimate of drug-likeness (QED) is 0.828. The van der Waals surface area contributed by atoms with Crippen LogP contribution in [0.25, 0.3) is 0 Å². The van der Waals surface area contributed by atoms with Gasteiger partial charge in [-0.25, -0.2) is 0 Å². The van der Waals surface area contributed by atoms with Gasteiger partial charge in [0, 0.05) is 23.1 Å². The number of carbonyl (C=O) groups is 1. The van der Waals surface area contributed by atoms with E-state index in [0.717, 1.165) is 28.9 Å². The van der Waals surface area contributed by atoms with E-state index in [1.807, 2.05) is 18.2 Å². The molecule has 1 fully saturated rings. The van der Waals surface area contributed by atoms with E-state index in [1.165, 1.54) is 0 Å². The lowest BCUT2D eigenvalue weighted by atomic mass is 10.1. The maximum atomic E-state index is 12.8. The van der Waals surface area contributed by atoms with E-state index in [1.54, 1.807) is 18.2 Å². The maximum Gasteiger partial charge on any atom is 0.255 e. The van der Waals surface area contributed by atoms with Crippen molar-refractivity contribution >= 4 is 33.2 Å². The lowest BCUT2D eigenvalue weighted by molar-refractivity contribution is 0.102. The van der Waals surface area contributed by atoms with E-state index in [4.69, 9.17) is 14.2 Å². The van der Waals surface area contributed by atoms with Crippen molar-refractivity contribution in [2.75, 3.05) is 49.7 Å². The summed E-state index contributed by atoms with van der Waals surface area (Å²) in [5.74, 6) is 1.09. The van der Waals surface area contributed by atoms with Crippen LogP contribution >= 0.6 is 15.9 Å². The number of halogens is 1. The summed E-state index contributed by atoms with van der Waals surface area (Å²) in [6.07, 6.45) is 0. The molecule has 6 nitrogen and oxygen atoms in total. The molecule has 0 spiro atoms. The van der Waals surface area contributed by atoms with Gasteiger partial charge in [0.2, 0.25) is 0 Å². The number of nitrogens with zero attached hydrogens (tertiary/aromatic N) is 1. The van der Waals surface area contributed by atoms with Crippen LogP contribution in [0.15, 0.2) is 40.9 Å². The largest absolute Gasteiger partial charge is 0.486 e. The van der Waals surface area contributed by atoms with E-state index in [0.29, 0.717) is 43.5 Å². The highest BCUT2D eigenvalue weighted by molar-refractivity contribution is 9.10. The molecule has 4 rings (SSSR count). The number of rotatable bonds is 3. The Bertz CT molecular complexity index is 821. The molecule has 2 aromatic carbocycles. The predicted molar refractivity (Wildman–Crippen MR) is 103 cm³/mol. The number of morpholine rings is 1. The van der Waals surface area contributed by atoms with Crippen molar-refractivity contribution < 1.29 is 19.0 Å². The molecule has 0 aromatic heterocycles. The van der Waals surface area contributed by atoms with Crippen LogP contribution in [0.4, 0.5) is 11.4 Å². The summed E-state index contributed by atoms with van der Waals surface area (Å²) in [5, 5.41) is 3.02. The van der Waals surface area contributed by atoms with Gasteiger partial charge in [0.1, 0.15) is 13.2 Å². The molecule has 0 bridgehead atoms. The molecule has 1 N–H and O–H groups in total. The average molecular weight is 419 g/mol. The fraction of sp³-hybridized carbons (Fsp3) is 0.316. The molecule has 0 atom stereocenters. The summed E-state index contributed by atoms with van der Waals surface area (Å²) >= 11 is 3.48. The number of fused-ring (bicyclic) bond motifs is 1. The number of carbonyl (C=O) groups excluding carboxylic acids is 1. The van der Waals surface area contributed by atoms with Crippen LogP contribution in [0.5, 0.6) is 11.5 Å². The molecule has 0 aliphatic carbocycles. The van der Waals surface area contributed by atoms with Gasteiger partial charge in [-0.15, -0.1) is 0 Å². The van der Waals surface area contributed by atoms with Crippen LogP contribution in [0.1, 0.15) is 10.4 Å². The van der Waals surface area contributed by atoms with E-state index in [9.17, 15) is 4.79 Å². The molecule has 2 aromatic rings. The summed E-state index contributed by atoms with van der Waals surface area (Å²) in [7, 11) is 0. The highest BCUT2D eigenvalue weighted by Gasteiger charge is 2.19. The first-order chi connectivity index (χ1) is 12.7. The lowest BCUT2D eigenvalue weighted by Crippen LogP contribution is -2.36. The number of benzene rings is 2. The number of hydrogen-bond donors (Lipinski definition) is 1. The first kappa shape index (κ1) is 17.2. The van der Waals surface area contributed by atoms with Crippen LogP contribution in [-0.2, 0) is 4.74 Å². The number of hydrogen-bond acceptors (Lipinski definition) is 5. The minimum absolute atomic E-state index is 0.186. The predicted octanol–water partition coefficient (Wildman–Crippen LogP) is 3.31. The van der Waals surface area contributed by atoms with Crippen LogP contribution in [-0.4, -0.2) is 45.4 Å². The van der Waals surface area contributed by atoms with E-state index in [2.05, 4.69) is 26.1 Å². The third-order valence-electron chi connectivity index (χ3n) is 4.36. The average Bonchev–Trinajstić information content (AvgIpc) is 2.68. The normalized spacial score (nSPS) is 16.3. The van der Waals surface area contributed by atoms with Crippen LogP contribution in [0.3, 0.4) is 0 Å². The van der Waals surface area contributed by atoms with Crippen molar-refractivity contribution in [1.29, 1.82) is 0 Å². The summed E-state index contributed by atoms with van der Waals surface area (Å²) < 4.78 is 17.4. The van der Waals surface area contributed by atoms with Gasteiger partial charge in [-0.05, 0) is 36.4 Å². The van der Waals surface area contributed by atoms with Crippen molar-refractivity contribution in [2.24, 2.45) is 0 Å². The third kappa shape index (κ3) is 3.64.